The summed E-state index contributed by atoms with van der Waals surface area (Å²) in [5, 5.41) is 9.97. The fourth-order valence-electron chi connectivity index (χ4n) is 4.21. The average molecular weight is 499 g/mol. The van der Waals surface area contributed by atoms with E-state index in [2.05, 4.69) is 24.0 Å². The number of ether oxygens (including phenoxy) is 2. The summed E-state index contributed by atoms with van der Waals surface area (Å²) >= 11 is 2.80. The molecule has 0 N–H and O–H groups in total. The lowest BCUT2D eigenvalue weighted by Crippen LogP contribution is -2.28. The van der Waals surface area contributed by atoms with Crippen LogP contribution in [-0.4, -0.2) is 43.6 Å². The van der Waals surface area contributed by atoms with E-state index >= 15 is 0 Å². The van der Waals surface area contributed by atoms with Crippen LogP contribution in [0, 0.1) is 12.8 Å². The van der Waals surface area contributed by atoms with Crippen molar-refractivity contribution < 1.29 is 14.3 Å². The maximum atomic E-state index is 14.0. The van der Waals surface area contributed by atoms with Gasteiger partial charge in [-0.1, -0.05) is 43.3 Å². The van der Waals surface area contributed by atoms with Gasteiger partial charge in [-0.2, -0.15) is 0 Å². The molecule has 0 radical (unpaired) electrons. The predicted octanol–water partition coefficient (Wildman–Crippen LogP) is 4.16. The summed E-state index contributed by atoms with van der Waals surface area (Å²) in [5.41, 5.74) is 2.77. The van der Waals surface area contributed by atoms with Crippen molar-refractivity contribution in [2.24, 2.45) is 5.92 Å². The number of rotatable bonds is 6. The molecule has 1 aliphatic rings. The maximum absolute atomic E-state index is 14.0. The maximum Gasteiger partial charge on any atom is 0.316 e. The highest BCUT2D eigenvalue weighted by Crippen LogP contribution is 2.37. The molecule has 1 aromatic carbocycles. The third-order valence-corrected chi connectivity index (χ3v) is 8.10. The van der Waals surface area contributed by atoms with E-state index in [9.17, 15) is 9.59 Å². The van der Waals surface area contributed by atoms with E-state index in [0.29, 0.717) is 41.9 Å². The van der Waals surface area contributed by atoms with E-state index in [1.54, 1.807) is 22.8 Å². The highest BCUT2D eigenvalue weighted by atomic mass is 32.2. The lowest BCUT2D eigenvalue weighted by atomic mass is 9.96. The molecule has 0 spiro atoms. The molecular weight excluding hydrogens is 472 g/mol. The quantitative estimate of drug-likeness (QED) is 0.291. The number of benzene rings is 1. The van der Waals surface area contributed by atoms with E-state index < -0.39 is 0 Å². The van der Waals surface area contributed by atoms with Gasteiger partial charge >= 0.3 is 5.97 Å². The Balaban J connectivity index is 1.76. The molecule has 4 aromatic rings. The summed E-state index contributed by atoms with van der Waals surface area (Å²) in [6.07, 6.45) is 0.751. The Kier molecular flexibility index (Phi) is 6.22. The molecule has 0 amide bonds. The average Bonchev–Trinajstić information content (AvgIpc) is 3.40. The summed E-state index contributed by atoms with van der Waals surface area (Å²) in [7, 11) is 0. The molecule has 1 aliphatic heterocycles. The minimum absolute atomic E-state index is 0.0618. The van der Waals surface area contributed by atoms with Crippen molar-refractivity contribution in [1.29, 1.82) is 0 Å². The van der Waals surface area contributed by atoms with Gasteiger partial charge < -0.3 is 9.47 Å². The standard InChI is InChI=1S/C24H26N4O4S2/c1-5-31-19(29)12-33-24-26-25-23-27(15-8-6-14(4)7-9-15)21(30)20-16-10-17(13(2)3)32-11-18(16)34-22(20)28(23)24/h6-9,13,17H,5,10-12H2,1-4H3. The van der Waals surface area contributed by atoms with Gasteiger partial charge in [0.1, 0.15) is 4.83 Å². The molecule has 0 aliphatic carbocycles. The number of nitrogens with zero attached hydrogens (tertiary/aromatic N) is 4. The van der Waals surface area contributed by atoms with Crippen molar-refractivity contribution in [2.45, 2.75) is 52.0 Å². The van der Waals surface area contributed by atoms with Crippen molar-refractivity contribution in [2.75, 3.05) is 12.4 Å². The van der Waals surface area contributed by atoms with Gasteiger partial charge in [0.05, 0.1) is 36.1 Å². The summed E-state index contributed by atoms with van der Waals surface area (Å²) in [5.74, 6) is 0.569. The lowest BCUT2D eigenvalue weighted by molar-refractivity contribution is -0.139. The smallest absolute Gasteiger partial charge is 0.316 e. The van der Waals surface area contributed by atoms with Crippen molar-refractivity contribution in [3.05, 3.63) is 50.6 Å². The zero-order chi connectivity index (χ0) is 24.0. The Morgan fingerprint density at radius 1 is 1.29 bits per heavy atom. The first-order valence-electron chi connectivity index (χ1n) is 11.3. The van der Waals surface area contributed by atoms with E-state index in [1.807, 2.05) is 35.6 Å². The molecular formula is C24H26N4O4S2. The minimum Gasteiger partial charge on any atom is -0.465 e. The number of carbonyl (C=O) groups is 1. The van der Waals surface area contributed by atoms with Crippen molar-refractivity contribution >= 4 is 45.1 Å². The number of aryl methyl sites for hydroxylation is 1. The van der Waals surface area contributed by atoms with Crippen LogP contribution < -0.4 is 5.56 Å². The molecule has 0 saturated heterocycles. The van der Waals surface area contributed by atoms with E-state index in [1.165, 1.54) is 11.8 Å². The van der Waals surface area contributed by atoms with Crippen LogP contribution >= 0.6 is 23.1 Å². The Morgan fingerprint density at radius 2 is 2.06 bits per heavy atom. The van der Waals surface area contributed by atoms with Crippen LogP contribution in [0.3, 0.4) is 0 Å². The van der Waals surface area contributed by atoms with Crippen LogP contribution in [0.5, 0.6) is 0 Å². The van der Waals surface area contributed by atoms with Crippen LogP contribution in [0.15, 0.2) is 34.2 Å². The molecule has 8 nitrogen and oxygen atoms in total. The van der Waals surface area contributed by atoms with E-state index in [-0.39, 0.29) is 23.4 Å². The molecule has 0 saturated carbocycles. The Labute approximate surface area is 204 Å². The first-order valence-corrected chi connectivity index (χ1v) is 13.1. The highest BCUT2D eigenvalue weighted by molar-refractivity contribution is 7.99. The lowest BCUT2D eigenvalue weighted by Gasteiger charge is -2.26. The summed E-state index contributed by atoms with van der Waals surface area (Å²) in [6, 6.07) is 7.78. The second kappa shape index (κ2) is 9.16. The number of thioether (sulfide) groups is 1. The van der Waals surface area contributed by atoms with E-state index in [4.69, 9.17) is 9.47 Å². The first-order chi connectivity index (χ1) is 16.4. The zero-order valence-electron chi connectivity index (χ0n) is 19.5. The summed E-state index contributed by atoms with van der Waals surface area (Å²) in [4.78, 5) is 27.8. The third kappa shape index (κ3) is 3.93. The van der Waals surface area contributed by atoms with E-state index in [0.717, 1.165) is 26.5 Å². The van der Waals surface area contributed by atoms with Gasteiger partial charge in [-0.05, 0) is 37.5 Å². The first kappa shape index (κ1) is 23.1. The molecule has 0 fully saturated rings. The van der Waals surface area contributed by atoms with Gasteiger partial charge in [-0.3, -0.25) is 9.59 Å². The molecule has 1 unspecified atom stereocenters. The number of hydrogen-bond donors (Lipinski definition) is 0. The minimum atomic E-state index is -0.314. The number of thiophene rings is 1. The van der Waals surface area contributed by atoms with Gasteiger partial charge in [-0.25, -0.2) is 8.97 Å². The molecule has 0 bridgehead atoms. The fourth-order valence-corrected chi connectivity index (χ4v) is 6.24. The van der Waals surface area contributed by atoms with Crippen LogP contribution in [0.2, 0.25) is 0 Å². The molecule has 10 heteroatoms. The van der Waals surface area contributed by atoms with Crippen LogP contribution in [0.25, 0.3) is 21.7 Å². The molecule has 3 aromatic heterocycles. The zero-order valence-corrected chi connectivity index (χ0v) is 21.2. The molecule has 178 valence electrons. The number of fused-ring (bicyclic) bond motifs is 5. The van der Waals surface area contributed by atoms with Gasteiger partial charge in [0.15, 0.2) is 5.16 Å². The second-order valence-corrected chi connectivity index (χ2v) is 10.7. The molecule has 4 heterocycles. The largest absolute Gasteiger partial charge is 0.465 e. The SMILES string of the molecule is CCOC(=O)CSc1nnc2n(-c3ccc(C)cc3)c(=O)c3c4c(sc3n12)COC(C(C)C)C4. The van der Waals surface area contributed by atoms with Gasteiger partial charge in [0.25, 0.3) is 5.56 Å². The monoisotopic (exact) mass is 498 g/mol. The number of esters is 1. The van der Waals surface area contributed by atoms with Gasteiger partial charge in [0, 0.05) is 11.3 Å². The highest BCUT2D eigenvalue weighted by Gasteiger charge is 2.30. The number of hydrogen-bond acceptors (Lipinski definition) is 8. The van der Waals surface area contributed by atoms with Crippen molar-refractivity contribution in [3.8, 4) is 5.69 Å². The third-order valence-electron chi connectivity index (χ3n) is 6.00. The van der Waals surface area contributed by atoms with Crippen LogP contribution in [0.4, 0.5) is 0 Å². The number of aromatic nitrogens is 4. The predicted molar refractivity (Wildman–Crippen MR) is 133 cm³/mol. The van der Waals surface area contributed by atoms with Gasteiger partial charge in [-0.15, -0.1) is 21.5 Å². The number of carbonyl (C=O) groups excluding carboxylic acids is 1. The van der Waals surface area contributed by atoms with Crippen molar-refractivity contribution in [3.63, 3.8) is 0 Å². The molecule has 1 atom stereocenters. The van der Waals surface area contributed by atoms with Crippen LogP contribution in [0.1, 0.15) is 36.8 Å². The fraction of sp³-hybridized carbons (Fsp3) is 0.417. The van der Waals surface area contributed by atoms with Gasteiger partial charge in [0.2, 0.25) is 5.78 Å². The van der Waals surface area contributed by atoms with Crippen molar-refractivity contribution in [1.82, 2.24) is 19.2 Å². The van der Waals surface area contributed by atoms with Crippen LogP contribution in [-0.2, 0) is 27.3 Å². The Morgan fingerprint density at radius 3 is 2.76 bits per heavy atom. The molecule has 34 heavy (non-hydrogen) atoms. The topological polar surface area (TPSA) is 87.7 Å². The Bertz CT molecular complexity index is 1440. The Hall–Kier alpha value is -2.69. The summed E-state index contributed by atoms with van der Waals surface area (Å²) < 4.78 is 14.7. The summed E-state index contributed by atoms with van der Waals surface area (Å²) in [6.45, 7) is 8.87. The normalized spacial score (nSPS) is 15.9. The second-order valence-electron chi connectivity index (χ2n) is 8.67. The molecule has 5 rings (SSSR count).